The number of carbonyl (C=O) groups excluding carboxylic acids is 1. The fourth-order valence-electron chi connectivity index (χ4n) is 0.185. The van der Waals surface area contributed by atoms with Crippen molar-refractivity contribution in [3.05, 3.63) is 0 Å². The lowest BCUT2D eigenvalue weighted by molar-refractivity contribution is -0.140. The Balaban J connectivity index is 3.00. The second-order valence-electron chi connectivity index (χ2n) is 1.03. The molecule has 0 aromatic carbocycles. The highest BCUT2D eigenvalue weighted by molar-refractivity contribution is 7.80. The van der Waals surface area contributed by atoms with E-state index in [1.807, 2.05) is 0 Å². The quantitative estimate of drug-likeness (QED) is 0.501. The zero-order valence-corrected chi connectivity index (χ0v) is 4.96. The summed E-state index contributed by atoms with van der Waals surface area (Å²) in [4.78, 5) is 10.1. The summed E-state index contributed by atoms with van der Waals surface area (Å²) in [5.41, 5.74) is 0. The van der Waals surface area contributed by atoms with Crippen molar-refractivity contribution in [1.82, 2.24) is 0 Å². The molecule has 0 atom stereocenters. The first-order valence-corrected chi connectivity index (χ1v) is 2.54. The molecule has 3 heteroatoms. The molecule has 0 aliphatic rings. The maximum absolute atomic E-state index is 10.1. The zero-order valence-electron chi connectivity index (χ0n) is 4.14. The van der Waals surface area contributed by atoms with Gasteiger partial charge in [0.2, 0.25) is 0 Å². The van der Waals surface area contributed by atoms with Gasteiger partial charge in [0.15, 0.2) is 0 Å². The van der Waals surface area contributed by atoms with Crippen molar-refractivity contribution < 1.29 is 9.53 Å². The average Bonchev–Trinajstić information content (AvgIpc) is 1.68. The summed E-state index contributed by atoms with van der Waals surface area (Å²) >= 11 is 4.49. The Labute approximate surface area is 48.3 Å². The first-order valence-electron chi connectivity index (χ1n) is 1.96. The molecule has 0 spiro atoms. The van der Waals surface area contributed by atoms with Gasteiger partial charge in [-0.1, -0.05) is 12.6 Å². The molecule has 0 saturated carbocycles. The molecule has 0 heterocycles. The molecule has 0 bridgehead atoms. The fourth-order valence-corrected chi connectivity index (χ4v) is 0.352. The van der Waals surface area contributed by atoms with Crippen molar-refractivity contribution in [1.29, 1.82) is 0 Å². The minimum absolute atomic E-state index is 0.227. The van der Waals surface area contributed by atoms with Crippen LogP contribution in [0.25, 0.3) is 0 Å². The van der Waals surface area contributed by atoms with Gasteiger partial charge in [-0.15, -0.1) is 0 Å². The van der Waals surface area contributed by atoms with Gasteiger partial charge in [-0.05, 0) is 0 Å². The lowest BCUT2D eigenvalue weighted by atomic mass is 10.5. The number of carbonyl (C=O) groups is 1. The van der Waals surface area contributed by atoms with Gasteiger partial charge in [0.05, 0.1) is 13.5 Å². The molecule has 0 aromatic rings. The lowest BCUT2D eigenvalue weighted by Crippen LogP contribution is -1.99. The van der Waals surface area contributed by atoms with Crippen molar-refractivity contribution in [2.45, 2.75) is 6.42 Å². The Kier molecular flexibility index (Phi) is 3.89. The van der Waals surface area contributed by atoms with Crippen LogP contribution in [-0.4, -0.2) is 18.8 Å². The summed E-state index contributed by atoms with van der Waals surface area (Å²) < 4.78 is 4.28. The van der Waals surface area contributed by atoms with Gasteiger partial charge in [-0.2, -0.15) is 0 Å². The molecule has 41 valence electrons. The van der Waals surface area contributed by atoms with Crippen LogP contribution in [0.1, 0.15) is 6.42 Å². The van der Waals surface area contributed by atoms with Crippen LogP contribution in [0.5, 0.6) is 0 Å². The number of rotatable bonds is 2. The van der Waals surface area contributed by atoms with Crippen LogP contribution >= 0.6 is 12.6 Å². The summed E-state index contributed by atoms with van der Waals surface area (Å²) in [7, 11) is 1.35. The smallest absolute Gasteiger partial charge is 0.306 e. The molecule has 0 saturated heterocycles. The highest BCUT2D eigenvalue weighted by Crippen LogP contribution is 1.84. The topological polar surface area (TPSA) is 26.3 Å². The van der Waals surface area contributed by atoms with Crippen molar-refractivity contribution in [3.8, 4) is 0 Å². The third-order valence-electron chi connectivity index (χ3n) is 0.534. The summed E-state index contributed by atoms with van der Waals surface area (Å²) in [6.07, 6.45) is 0.353. The highest BCUT2D eigenvalue weighted by atomic mass is 32.1. The first kappa shape index (κ1) is 6.82. The molecular weight excluding hydrogens is 112 g/mol. The molecule has 0 N–H and O–H groups in total. The molecule has 7 heavy (non-hydrogen) atoms. The molecule has 0 aliphatic carbocycles. The minimum atomic E-state index is -0.227. The fraction of sp³-hybridized carbons (Fsp3) is 0.750. The van der Waals surface area contributed by atoms with Crippen LogP contribution in [0.4, 0.5) is 0 Å². The first-order chi connectivity index (χ1) is 3.31. The molecule has 0 rings (SSSR count). The van der Waals surface area contributed by atoms with E-state index in [4.69, 9.17) is 0 Å². The Morgan fingerprint density at radius 3 is 2.57 bits per heavy atom. The van der Waals surface area contributed by atoms with Gasteiger partial charge in [-0.3, -0.25) is 4.79 Å². The van der Waals surface area contributed by atoms with Crippen molar-refractivity contribution >= 4 is 18.6 Å². The Bertz CT molecular complexity index is 62.7. The van der Waals surface area contributed by atoms with Gasteiger partial charge < -0.3 is 4.74 Å². The van der Waals surface area contributed by atoms with E-state index >= 15 is 0 Å². The highest BCUT2D eigenvalue weighted by Gasteiger charge is 1.93. The number of methoxy groups -OCH3 is 1. The van der Waals surface area contributed by atoms with Crippen molar-refractivity contribution in [2.24, 2.45) is 0 Å². The predicted octanol–water partition coefficient (Wildman–Crippen LogP) is 0.747. The van der Waals surface area contributed by atoms with Gasteiger partial charge in [-0.25, -0.2) is 0 Å². The number of hydrogen-bond acceptors (Lipinski definition) is 2. The minimum Gasteiger partial charge on any atom is -0.469 e. The van der Waals surface area contributed by atoms with Crippen LogP contribution in [0, 0.1) is 0 Å². The predicted molar refractivity (Wildman–Crippen MR) is 29.1 cm³/mol. The third-order valence-corrected chi connectivity index (χ3v) is 0.738. The molecule has 1 radical (unpaired) electrons. The van der Waals surface area contributed by atoms with Crippen LogP contribution < -0.4 is 0 Å². The van der Waals surface area contributed by atoms with E-state index in [-0.39, 0.29) is 5.97 Å². The molecular formula is C4H7O2S. The van der Waals surface area contributed by atoms with Crippen molar-refractivity contribution in [2.75, 3.05) is 12.9 Å². The monoisotopic (exact) mass is 119 g/mol. The average molecular weight is 119 g/mol. The van der Waals surface area contributed by atoms with Crippen LogP contribution in [0.2, 0.25) is 0 Å². The van der Waals surface area contributed by atoms with Gasteiger partial charge in [0.1, 0.15) is 0 Å². The van der Waals surface area contributed by atoms with Gasteiger partial charge in [0.25, 0.3) is 0 Å². The SMILES string of the molecule is COC(=O)CC[S]. The summed E-state index contributed by atoms with van der Waals surface area (Å²) in [6, 6.07) is 0. The normalized spacial score (nSPS) is 8.29. The van der Waals surface area contributed by atoms with Gasteiger partial charge >= 0.3 is 5.97 Å². The molecule has 2 nitrogen and oxygen atoms in total. The van der Waals surface area contributed by atoms with E-state index in [0.717, 1.165) is 0 Å². The van der Waals surface area contributed by atoms with E-state index in [9.17, 15) is 4.79 Å². The van der Waals surface area contributed by atoms with Crippen LogP contribution in [-0.2, 0) is 9.53 Å². The maximum Gasteiger partial charge on any atom is 0.306 e. The van der Waals surface area contributed by atoms with Crippen LogP contribution in [0.15, 0.2) is 0 Å². The Morgan fingerprint density at radius 2 is 2.43 bits per heavy atom. The summed E-state index contributed by atoms with van der Waals surface area (Å²) in [5.74, 6) is 0.224. The maximum atomic E-state index is 10.1. The number of ether oxygens (including phenoxy) is 1. The molecule has 0 unspecified atom stereocenters. The lowest BCUT2D eigenvalue weighted by Gasteiger charge is -1.90. The van der Waals surface area contributed by atoms with Crippen molar-refractivity contribution in [3.63, 3.8) is 0 Å². The van der Waals surface area contributed by atoms with E-state index in [2.05, 4.69) is 17.4 Å². The second kappa shape index (κ2) is 3.99. The zero-order chi connectivity index (χ0) is 5.70. The van der Waals surface area contributed by atoms with E-state index < -0.39 is 0 Å². The molecule has 0 amide bonds. The molecule has 0 aromatic heterocycles. The largest absolute Gasteiger partial charge is 0.469 e. The van der Waals surface area contributed by atoms with Gasteiger partial charge in [0, 0.05) is 5.75 Å². The summed E-state index contributed by atoms with van der Waals surface area (Å²) in [6.45, 7) is 0. The summed E-state index contributed by atoms with van der Waals surface area (Å²) in [5, 5.41) is 0. The van der Waals surface area contributed by atoms with E-state index in [1.165, 1.54) is 7.11 Å². The van der Waals surface area contributed by atoms with E-state index in [1.54, 1.807) is 0 Å². The standard InChI is InChI=1S/C4H7O2S/c1-6-4(5)2-3-7/h2-3H2,1H3. The number of hydrogen-bond donors (Lipinski definition) is 0. The van der Waals surface area contributed by atoms with Crippen LogP contribution in [0.3, 0.4) is 0 Å². The second-order valence-corrected chi connectivity index (χ2v) is 1.44. The molecule has 0 aliphatic heterocycles. The van der Waals surface area contributed by atoms with E-state index in [0.29, 0.717) is 12.2 Å². The third kappa shape index (κ3) is 3.66. The molecule has 0 fully saturated rings. The number of esters is 1. The Hall–Kier alpha value is -0.180. The Morgan fingerprint density at radius 1 is 1.86 bits per heavy atom.